The molecule has 10 nitrogen and oxygen atoms in total. The minimum atomic E-state index is -4.61. The van der Waals surface area contributed by atoms with Crippen LogP contribution >= 0.6 is 11.6 Å². The van der Waals surface area contributed by atoms with Crippen molar-refractivity contribution in [2.75, 3.05) is 0 Å². The van der Waals surface area contributed by atoms with E-state index in [1.54, 1.807) is 0 Å². The van der Waals surface area contributed by atoms with E-state index in [-0.39, 0.29) is 40.5 Å². The molecule has 0 atom stereocenters. The van der Waals surface area contributed by atoms with Crippen LogP contribution in [0, 0.1) is 0 Å². The van der Waals surface area contributed by atoms with Gasteiger partial charge in [0, 0.05) is 19.5 Å². The van der Waals surface area contributed by atoms with Gasteiger partial charge in [0.1, 0.15) is 0 Å². The number of aromatic amines is 1. The zero-order chi connectivity index (χ0) is 24.5. The molecule has 0 bridgehead atoms. The molecule has 0 fully saturated rings. The lowest BCUT2D eigenvalue weighted by atomic mass is 10.2. The molecule has 0 aliphatic rings. The first kappa shape index (κ1) is 23.8. The van der Waals surface area contributed by atoms with Crippen LogP contribution in [0.2, 0.25) is 5.28 Å². The molecular formula is C20H20ClF3N6O4. The van der Waals surface area contributed by atoms with Gasteiger partial charge in [-0.1, -0.05) is 18.5 Å². The summed E-state index contributed by atoms with van der Waals surface area (Å²) in [6.07, 6.45) is -1.76. The predicted molar refractivity (Wildman–Crippen MR) is 114 cm³/mol. The molecule has 0 unspecified atom stereocenters. The average Bonchev–Trinajstić information content (AvgIpc) is 3.52. The molecule has 4 heterocycles. The van der Waals surface area contributed by atoms with Gasteiger partial charge in [0.15, 0.2) is 22.7 Å². The lowest BCUT2D eigenvalue weighted by Crippen LogP contribution is -2.40. The highest BCUT2D eigenvalue weighted by Crippen LogP contribution is 2.33. The van der Waals surface area contributed by atoms with E-state index in [1.165, 1.54) is 4.57 Å². The number of hydrogen-bond donors (Lipinski definition) is 1. The third-order valence-electron chi connectivity index (χ3n) is 5.16. The summed E-state index contributed by atoms with van der Waals surface area (Å²) < 4.78 is 50.3. The molecule has 0 amide bonds. The Balaban J connectivity index is 1.43. The molecule has 0 saturated heterocycles. The first-order valence-electron chi connectivity index (χ1n) is 10.6. The Labute approximate surface area is 194 Å². The van der Waals surface area contributed by atoms with Crippen molar-refractivity contribution in [3.63, 3.8) is 0 Å². The normalized spacial score (nSPS) is 12.1. The number of alkyl halides is 3. The van der Waals surface area contributed by atoms with Crippen LogP contribution in [0.1, 0.15) is 44.2 Å². The van der Waals surface area contributed by atoms with Gasteiger partial charge in [0.25, 0.3) is 11.4 Å². The Bertz CT molecular complexity index is 1410. The summed E-state index contributed by atoms with van der Waals surface area (Å²) in [5.74, 6) is -1.24. The second kappa shape index (κ2) is 9.49. The number of rotatable bonds is 9. The highest BCUT2D eigenvalue weighted by Gasteiger charge is 2.35. The topological polar surface area (TPSA) is 125 Å². The van der Waals surface area contributed by atoms with Gasteiger partial charge in [-0.2, -0.15) is 23.1 Å². The highest BCUT2D eigenvalue weighted by atomic mass is 35.5. The van der Waals surface area contributed by atoms with Gasteiger partial charge in [0.2, 0.25) is 11.0 Å². The summed E-state index contributed by atoms with van der Waals surface area (Å²) in [6.45, 7) is 2.54. The highest BCUT2D eigenvalue weighted by molar-refractivity contribution is 6.28. The van der Waals surface area contributed by atoms with Crippen LogP contribution in [0.25, 0.3) is 22.8 Å². The summed E-state index contributed by atoms with van der Waals surface area (Å²) in [7, 11) is 0. The van der Waals surface area contributed by atoms with Crippen LogP contribution < -0.4 is 11.2 Å². The van der Waals surface area contributed by atoms with Crippen molar-refractivity contribution in [1.82, 2.24) is 29.2 Å². The fourth-order valence-electron chi connectivity index (χ4n) is 3.47. The Hall–Kier alpha value is -3.35. The number of aryl methyl sites for hydroxylation is 2. The van der Waals surface area contributed by atoms with Gasteiger partial charge >= 0.3 is 11.9 Å². The number of aromatic nitrogens is 6. The molecule has 14 heteroatoms. The summed E-state index contributed by atoms with van der Waals surface area (Å²) in [4.78, 5) is 36.5. The molecule has 0 aliphatic carbocycles. The monoisotopic (exact) mass is 500 g/mol. The van der Waals surface area contributed by atoms with Crippen LogP contribution in [0.3, 0.4) is 0 Å². The SMILES string of the molecule is CCCCn1c(=O)n(CCCCc2noc(-c3ccc(C(F)(F)F)o3)n2)c(=O)c2[nH]c(Cl)nc21. The maximum Gasteiger partial charge on any atom is 0.449 e. The van der Waals surface area contributed by atoms with E-state index in [4.69, 9.17) is 20.5 Å². The number of hydrogen-bond acceptors (Lipinski definition) is 7. The van der Waals surface area contributed by atoms with E-state index in [9.17, 15) is 22.8 Å². The number of imidazole rings is 1. The molecule has 0 aromatic carbocycles. The van der Waals surface area contributed by atoms with E-state index in [0.29, 0.717) is 25.8 Å². The second-order valence-corrected chi connectivity index (χ2v) is 7.96. The van der Waals surface area contributed by atoms with Crippen LogP contribution in [0.15, 0.2) is 30.7 Å². The Morgan fingerprint density at radius 3 is 2.56 bits per heavy atom. The summed E-state index contributed by atoms with van der Waals surface area (Å²) >= 11 is 5.91. The Morgan fingerprint density at radius 2 is 1.85 bits per heavy atom. The molecule has 4 aromatic rings. The molecule has 1 N–H and O–H groups in total. The van der Waals surface area contributed by atoms with E-state index in [1.807, 2.05) is 6.92 Å². The lowest BCUT2D eigenvalue weighted by molar-refractivity contribution is -0.152. The molecule has 0 spiro atoms. The zero-order valence-corrected chi connectivity index (χ0v) is 18.7. The van der Waals surface area contributed by atoms with Crippen LogP contribution in [0.5, 0.6) is 0 Å². The van der Waals surface area contributed by atoms with Crippen LogP contribution in [0.4, 0.5) is 13.2 Å². The minimum absolute atomic E-state index is 0.0290. The second-order valence-electron chi connectivity index (χ2n) is 7.61. The van der Waals surface area contributed by atoms with Crippen molar-refractivity contribution in [3.8, 4) is 11.7 Å². The van der Waals surface area contributed by atoms with Gasteiger partial charge in [0.05, 0.1) is 0 Å². The first-order valence-corrected chi connectivity index (χ1v) is 11.0. The Kier molecular flexibility index (Phi) is 6.64. The lowest BCUT2D eigenvalue weighted by Gasteiger charge is -2.10. The Morgan fingerprint density at radius 1 is 1.09 bits per heavy atom. The molecule has 0 aliphatic heterocycles. The predicted octanol–water partition coefficient (Wildman–Crippen LogP) is 4.02. The van der Waals surface area contributed by atoms with E-state index >= 15 is 0 Å². The molecule has 182 valence electrons. The standard InChI is InChI=1S/C20H20ClF3N6O4/c1-2-3-9-29-15-14(26-18(21)27-15)17(31)30(19(29)32)10-5-4-6-13-25-16(34-28-13)11-7-8-12(33-11)20(22,23)24/h7-8H,2-6,9-10H2,1H3,(H,26,27). The number of halogens is 4. The minimum Gasteiger partial charge on any atom is -0.446 e. The zero-order valence-electron chi connectivity index (χ0n) is 18.0. The summed E-state index contributed by atoms with van der Waals surface area (Å²) in [5.41, 5.74) is -0.572. The maximum absolute atomic E-state index is 12.9. The van der Waals surface area contributed by atoms with Crippen molar-refractivity contribution in [2.45, 2.75) is 58.3 Å². The molecule has 34 heavy (non-hydrogen) atoms. The summed E-state index contributed by atoms with van der Waals surface area (Å²) in [6, 6.07) is 1.89. The summed E-state index contributed by atoms with van der Waals surface area (Å²) in [5, 5.41) is 3.77. The first-order chi connectivity index (χ1) is 16.2. The number of fused-ring (bicyclic) bond motifs is 1. The van der Waals surface area contributed by atoms with Gasteiger partial charge in [-0.25, -0.2) is 4.79 Å². The van der Waals surface area contributed by atoms with Crippen molar-refractivity contribution >= 4 is 22.8 Å². The van der Waals surface area contributed by atoms with Gasteiger partial charge < -0.3 is 13.9 Å². The van der Waals surface area contributed by atoms with Crippen molar-refractivity contribution < 1.29 is 22.1 Å². The third-order valence-corrected chi connectivity index (χ3v) is 5.34. The smallest absolute Gasteiger partial charge is 0.446 e. The average molecular weight is 501 g/mol. The fourth-order valence-corrected chi connectivity index (χ4v) is 3.64. The number of furan rings is 1. The van der Waals surface area contributed by atoms with E-state index in [2.05, 4.69) is 20.1 Å². The maximum atomic E-state index is 12.9. The number of nitrogens with one attached hydrogen (secondary N) is 1. The van der Waals surface area contributed by atoms with Gasteiger partial charge in [-0.3, -0.25) is 13.9 Å². The van der Waals surface area contributed by atoms with E-state index < -0.39 is 23.2 Å². The number of nitrogens with zero attached hydrogens (tertiary/aromatic N) is 5. The quantitative estimate of drug-likeness (QED) is 0.272. The molecule has 4 rings (SSSR count). The third kappa shape index (κ3) is 4.79. The van der Waals surface area contributed by atoms with Crippen LogP contribution in [-0.2, 0) is 25.7 Å². The number of unbranched alkanes of at least 4 members (excludes halogenated alkanes) is 2. The molecule has 4 aromatic heterocycles. The van der Waals surface area contributed by atoms with Gasteiger partial charge in [-0.15, -0.1) is 0 Å². The van der Waals surface area contributed by atoms with Crippen molar-refractivity contribution in [3.05, 3.63) is 49.8 Å². The number of H-pyrrole nitrogens is 1. The van der Waals surface area contributed by atoms with Gasteiger partial charge in [-0.05, 0) is 43.0 Å². The van der Waals surface area contributed by atoms with Crippen LogP contribution in [-0.4, -0.2) is 29.2 Å². The largest absolute Gasteiger partial charge is 0.449 e. The van der Waals surface area contributed by atoms with Crippen molar-refractivity contribution in [2.24, 2.45) is 0 Å². The van der Waals surface area contributed by atoms with E-state index in [0.717, 1.165) is 29.5 Å². The molecule has 0 saturated carbocycles. The van der Waals surface area contributed by atoms with Crippen molar-refractivity contribution in [1.29, 1.82) is 0 Å². The molecular weight excluding hydrogens is 481 g/mol. The molecule has 0 radical (unpaired) electrons. The fraction of sp³-hybridized carbons (Fsp3) is 0.450.